The zero-order valence-electron chi connectivity index (χ0n) is 25.7. The number of ether oxygens (including phenoxy) is 1. The predicted molar refractivity (Wildman–Crippen MR) is 172 cm³/mol. The largest absolute Gasteiger partial charge is 0.508 e. The van der Waals surface area contributed by atoms with Crippen molar-refractivity contribution in [1.29, 1.82) is 0 Å². The van der Waals surface area contributed by atoms with Gasteiger partial charge in [-0.15, -0.1) is 6.42 Å². The van der Waals surface area contributed by atoms with Crippen molar-refractivity contribution < 1.29 is 23.0 Å². The number of rotatable bonds is 5. The number of nitrogens with zero attached hydrogens (tertiary/aromatic N) is 6. The molecule has 0 saturated carbocycles. The van der Waals surface area contributed by atoms with Crippen molar-refractivity contribution in [2.24, 2.45) is 7.05 Å². The van der Waals surface area contributed by atoms with Crippen molar-refractivity contribution in [3.63, 3.8) is 0 Å². The number of alkyl halides is 1. The summed E-state index contributed by atoms with van der Waals surface area (Å²) in [5.41, 5.74) is 0.0648. The fourth-order valence-corrected chi connectivity index (χ4v) is 8.66. The van der Waals surface area contributed by atoms with Gasteiger partial charge in [-0.2, -0.15) is 15.1 Å². The first-order chi connectivity index (χ1) is 22.7. The number of benzene rings is 3. The van der Waals surface area contributed by atoms with Gasteiger partial charge >= 0.3 is 6.01 Å². The topological polar surface area (TPSA) is 91.6 Å². The minimum absolute atomic E-state index is 0.0102. The van der Waals surface area contributed by atoms with E-state index in [0.717, 1.165) is 32.4 Å². The van der Waals surface area contributed by atoms with E-state index in [-0.39, 0.29) is 58.0 Å². The van der Waals surface area contributed by atoms with Gasteiger partial charge in [0.05, 0.1) is 16.5 Å². The molecule has 2 N–H and O–H groups in total. The lowest BCUT2D eigenvalue weighted by atomic mass is 9.91. The summed E-state index contributed by atoms with van der Waals surface area (Å²) in [6.45, 7) is 2.84. The van der Waals surface area contributed by atoms with E-state index in [0.29, 0.717) is 47.0 Å². The first kappa shape index (κ1) is 28.6. The van der Waals surface area contributed by atoms with Crippen LogP contribution in [0.15, 0.2) is 30.5 Å². The molecule has 9 rings (SSSR count). The summed E-state index contributed by atoms with van der Waals surface area (Å²) >= 11 is 0. The van der Waals surface area contributed by atoms with Gasteiger partial charge in [0, 0.05) is 67.7 Å². The Morgan fingerprint density at radius 2 is 2.04 bits per heavy atom. The Labute approximate surface area is 268 Å². The normalized spacial score (nSPS) is 25.4. The summed E-state index contributed by atoms with van der Waals surface area (Å²) in [6.07, 6.45) is 9.73. The number of piperazine rings is 1. The number of hydrogen-bond acceptors (Lipinski definition) is 8. The van der Waals surface area contributed by atoms with Gasteiger partial charge in [0.2, 0.25) is 0 Å². The molecule has 9 nitrogen and oxygen atoms in total. The Bertz CT molecular complexity index is 2180. The quantitative estimate of drug-likeness (QED) is 0.265. The number of nitrogens with one attached hydrogen (secondary N) is 1. The lowest BCUT2D eigenvalue weighted by Crippen LogP contribution is -2.44. The van der Waals surface area contributed by atoms with Crippen LogP contribution in [-0.2, 0) is 7.05 Å². The maximum atomic E-state index is 17.4. The van der Waals surface area contributed by atoms with Gasteiger partial charge in [-0.3, -0.25) is 9.58 Å². The number of anilines is 1. The number of phenolic OH excluding ortho intramolecular Hbond substituents is 1. The lowest BCUT2D eigenvalue weighted by Gasteiger charge is -2.32. The first-order valence-corrected chi connectivity index (χ1v) is 16.0. The van der Waals surface area contributed by atoms with Gasteiger partial charge in [-0.1, -0.05) is 12.0 Å². The molecule has 6 heterocycles. The average molecular weight is 640 g/mol. The summed E-state index contributed by atoms with van der Waals surface area (Å²) < 4.78 is 55.0. The van der Waals surface area contributed by atoms with Crippen molar-refractivity contribution in [2.75, 3.05) is 37.7 Å². The van der Waals surface area contributed by atoms with Gasteiger partial charge in [0.1, 0.15) is 41.2 Å². The molecule has 47 heavy (non-hydrogen) atoms. The monoisotopic (exact) mass is 639 g/mol. The van der Waals surface area contributed by atoms with Crippen LogP contribution in [0.4, 0.5) is 19.0 Å². The second-order valence-electron chi connectivity index (χ2n) is 13.5. The molecule has 4 atom stereocenters. The molecular weight excluding hydrogens is 607 g/mol. The molecule has 4 aliphatic rings. The van der Waals surface area contributed by atoms with Crippen LogP contribution in [0.1, 0.15) is 31.2 Å². The summed E-state index contributed by atoms with van der Waals surface area (Å²) in [5, 5.41) is 20.8. The van der Waals surface area contributed by atoms with E-state index in [1.807, 2.05) is 0 Å². The number of fused-ring (bicyclic) bond motifs is 7. The lowest BCUT2D eigenvalue weighted by molar-refractivity contribution is 0.107. The Morgan fingerprint density at radius 1 is 1.17 bits per heavy atom. The number of phenols is 1. The van der Waals surface area contributed by atoms with Gasteiger partial charge < -0.3 is 20.1 Å². The summed E-state index contributed by atoms with van der Waals surface area (Å²) in [4.78, 5) is 14.0. The minimum atomic E-state index is -0.923. The predicted octanol–water partition coefficient (Wildman–Crippen LogP) is 4.81. The molecule has 4 saturated heterocycles. The van der Waals surface area contributed by atoms with E-state index in [9.17, 15) is 9.50 Å². The summed E-state index contributed by atoms with van der Waals surface area (Å²) in [6, 6.07) is 6.03. The van der Waals surface area contributed by atoms with E-state index in [1.165, 1.54) is 24.3 Å². The molecule has 4 aliphatic heterocycles. The second-order valence-corrected chi connectivity index (χ2v) is 13.5. The van der Waals surface area contributed by atoms with Crippen molar-refractivity contribution >= 4 is 38.4 Å². The SMILES string of the molecule is C#Cc1c(F)ccc2cc(O)cc(-c3c(F)c4nc(OC[C@@]56CCCN5C[C@H](F)C6)nc(N5C[C@H]6C[C@@H]5CN6)c4c4cn(C)nc34)c12. The average Bonchev–Trinajstić information content (AvgIpc) is 3.87. The van der Waals surface area contributed by atoms with Crippen molar-refractivity contribution in [1.82, 2.24) is 30.0 Å². The molecule has 2 aromatic heterocycles. The number of aryl methyl sites for hydroxylation is 1. The van der Waals surface area contributed by atoms with E-state index >= 15 is 8.78 Å². The van der Waals surface area contributed by atoms with E-state index < -0.39 is 23.3 Å². The Hall–Kier alpha value is -4.60. The standard InChI is InChI=1S/C35H32F3N7O2/c1-3-23-26(37)6-5-18-9-22(46)11-24(27(18)23)28-30(38)32-29(25-16-43(2)42-31(25)28)33(45-15-20-10-21(45)13-39-20)41-34(40-32)47-17-35-7-4-8-44(35)14-19(36)12-35/h1,5-6,9,11,16,19-21,39,46H,4,7-8,10,12-15,17H2,2H3/t19-,20-,21-,35+/m1/s1. The van der Waals surface area contributed by atoms with Crippen LogP contribution in [0, 0.1) is 24.0 Å². The highest BCUT2D eigenvalue weighted by Gasteiger charge is 2.49. The van der Waals surface area contributed by atoms with E-state index in [2.05, 4.69) is 26.1 Å². The third-order valence-corrected chi connectivity index (χ3v) is 10.7. The van der Waals surface area contributed by atoms with Crippen LogP contribution in [0.2, 0.25) is 0 Å². The highest BCUT2D eigenvalue weighted by atomic mass is 19.1. The number of hydrogen-bond donors (Lipinski definition) is 2. The van der Waals surface area contributed by atoms with E-state index in [1.54, 1.807) is 17.9 Å². The van der Waals surface area contributed by atoms with Gasteiger partial charge in [-0.05, 0) is 55.0 Å². The number of terminal acetylenes is 1. The molecule has 240 valence electrons. The van der Waals surface area contributed by atoms with Crippen molar-refractivity contribution in [3.8, 4) is 35.2 Å². The number of aromatic hydroxyl groups is 1. The van der Waals surface area contributed by atoms with Crippen molar-refractivity contribution in [2.45, 2.75) is 49.5 Å². The molecule has 0 spiro atoms. The molecule has 12 heteroatoms. The molecule has 0 unspecified atom stereocenters. The van der Waals surface area contributed by atoms with Gasteiger partial charge in [0.15, 0.2) is 5.82 Å². The van der Waals surface area contributed by atoms with Crippen LogP contribution in [0.3, 0.4) is 0 Å². The summed E-state index contributed by atoms with van der Waals surface area (Å²) in [5.74, 6) is 1.48. The van der Waals surface area contributed by atoms with Gasteiger partial charge in [0.25, 0.3) is 0 Å². The molecule has 0 amide bonds. The fraction of sp³-hybridized carbons (Fsp3) is 0.400. The van der Waals surface area contributed by atoms with Crippen molar-refractivity contribution in [3.05, 3.63) is 47.7 Å². The molecule has 0 aliphatic carbocycles. The maximum Gasteiger partial charge on any atom is 0.319 e. The van der Waals surface area contributed by atoms with E-state index in [4.69, 9.17) is 21.1 Å². The molecular formula is C35H32F3N7O2. The fourth-order valence-electron chi connectivity index (χ4n) is 8.66. The highest BCUT2D eigenvalue weighted by Crippen LogP contribution is 2.46. The third-order valence-electron chi connectivity index (χ3n) is 10.7. The van der Waals surface area contributed by atoms with Crippen LogP contribution in [0.25, 0.3) is 43.7 Å². The first-order valence-electron chi connectivity index (χ1n) is 16.0. The molecule has 0 radical (unpaired) electrons. The zero-order chi connectivity index (χ0) is 32.2. The van der Waals surface area contributed by atoms with Gasteiger partial charge in [-0.25, -0.2) is 13.2 Å². The Kier molecular flexibility index (Phi) is 6.21. The Morgan fingerprint density at radius 3 is 2.83 bits per heavy atom. The van der Waals surface area contributed by atoms with Crippen LogP contribution >= 0.6 is 0 Å². The third kappa shape index (κ3) is 4.22. The number of halogens is 3. The van der Waals surface area contributed by atoms with Crippen LogP contribution < -0.4 is 15.0 Å². The van der Waals surface area contributed by atoms with Crippen LogP contribution in [0.5, 0.6) is 11.8 Å². The molecule has 5 aromatic rings. The second kappa shape index (κ2) is 10.2. The molecule has 2 bridgehead atoms. The smallest absolute Gasteiger partial charge is 0.319 e. The minimum Gasteiger partial charge on any atom is -0.508 e. The molecule has 4 fully saturated rings. The van der Waals surface area contributed by atoms with Crippen LogP contribution in [-0.4, -0.2) is 86.3 Å². The zero-order valence-corrected chi connectivity index (χ0v) is 25.7. The Balaban J connectivity index is 1.30. The molecule has 3 aromatic carbocycles. The number of aromatic nitrogens is 4. The summed E-state index contributed by atoms with van der Waals surface area (Å²) in [7, 11) is 1.74. The highest BCUT2D eigenvalue weighted by molar-refractivity contribution is 6.18. The maximum absolute atomic E-state index is 17.4.